The first-order valence-electron chi connectivity index (χ1n) is 7.66. The molecule has 0 aromatic heterocycles. The number of hydrogen-bond acceptors (Lipinski definition) is 2. The molecule has 2 N–H and O–H groups in total. The van der Waals surface area contributed by atoms with Crippen LogP contribution in [0.5, 0.6) is 5.75 Å². The van der Waals surface area contributed by atoms with Gasteiger partial charge >= 0.3 is 0 Å². The van der Waals surface area contributed by atoms with E-state index in [1.54, 1.807) is 0 Å². The molecule has 1 rings (SSSR count). The number of nitrogens with two attached hydrogens (primary N) is 1. The summed E-state index contributed by atoms with van der Waals surface area (Å²) in [6.45, 7) is 8.12. The lowest BCUT2D eigenvalue weighted by Crippen LogP contribution is -2.07. The molecule has 0 aliphatic rings. The largest absolute Gasteiger partial charge is 0.493 e. The van der Waals surface area contributed by atoms with Crippen molar-refractivity contribution in [2.75, 3.05) is 13.2 Å². The van der Waals surface area contributed by atoms with Crippen LogP contribution in [0.15, 0.2) is 18.2 Å². The van der Waals surface area contributed by atoms with Crippen molar-refractivity contribution >= 4 is 0 Å². The van der Waals surface area contributed by atoms with E-state index in [-0.39, 0.29) is 0 Å². The van der Waals surface area contributed by atoms with Crippen LogP contribution >= 0.6 is 0 Å². The third-order valence-corrected chi connectivity index (χ3v) is 3.46. The molecule has 0 saturated carbocycles. The molecule has 19 heavy (non-hydrogen) atoms. The fourth-order valence-corrected chi connectivity index (χ4v) is 2.50. The predicted octanol–water partition coefficient (Wildman–Crippen LogP) is 4.41. The Morgan fingerprint density at radius 1 is 1.16 bits per heavy atom. The van der Waals surface area contributed by atoms with Crippen LogP contribution in [-0.4, -0.2) is 13.2 Å². The second-order valence-electron chi connectivity index (χ2n) is 5.31. The smallest absolute Gasteiger partial charge is 0.122 e. The summed E-state index contributed by atoms with van der Waals surface area (Å²) in [7, 11) is 0. The molecule has 0 radical (unpaired) electrons. The zero-order valence-electron chi connectivity index (χ0n) is 12.7. The number of hydrogen-bond donors (Lipinski definition) is 1. The van der Waals surface area contributed by atoms with Gasteiger partial charge in [0.05, 0.1) is 6.61 Å². The Kier molecular flexibility index (Phi) is 7.57. The Bertz CT molecular complexity index is 362. The number of benzene rings is 1. The fourth-order valence-electron chi connectivity index (χ4n) is 2.50. The molecule has 0 saturated heterocycles. The van der Waals surface area contributed by atoms with Gasteiger partial charge in [0.1, 0.15) is 5.75 Å². The molecule has 1 atom stereocenters. The lowest BCUT2D eigenvalue weighted by Gasteiger charge is -2.20. The summed E-state index contributed by atoms with van der Waals surface area (Å²) in [6.07, 6.45) is 5.72. The van der Waals surface area contributed by atoms with Crippen molar-refractivity contribution in [3.05, 3.63) is 29.3 Å². The van der Waals surface area contributed by atoms with E-state index >= 15 is 0 Å². The minimum Gasteiger partial charge on any atom is -0.493 e. The molecule has 2 nitrogen and oxygen atoms in total. The zero-order chi connectivity index (χ0) is 14.1. The van der Waals surface area contributed by atoms with Crippen molar-refractivity contribution in [3.63, 3.8) is 0 Å². The van der Waals surface area contributed by atoms with Gasteiger partial charge in [0.25, 0.3) is 0 Å². The maximum Gasteiger partial charge on any atom is 0.122 e. The second kappa shape index (κ2) is 8.98. The summed E-state index contributed by atoms with van der Waals surface area (Å²) in [5, 5.41) is 0. The van der Waals surface area contributed by atoms with Crippen LogP contribution in [0, 0.1) is 6.92 Å². The first kappa shape index (κ1) is 16.0. The molecule has 0 heterocycles. The van der Waals surface area contributed by atoms with Gasteiger partial charge in [-0.3, -0.25) is 0 Å². The predicted molar refractivity (Wildman–Crippen MR) is 82.9 cm³/mol. The van der Waals surface area contributed by atoms with Crippen molar-refractivity contribution in [2.45, 2.75) is 58.8 Å². The Hall–Kier alpha value is -1.02. The summed E-state index contributed by atoms with van der Waals surface area (Å²) < 4.78 is 5.92. The number of ether oxygens (including phenoxy) is 1. The number of rotatable bonds is 9. The molecule has 0 bridgehead atoms. The Balaban J connectivity index is 2.93. The first-order chi connectivity index (χ1) is 9.22. The van der Waals surface area contributed by atoms with Gasteiger partial charge in [-0.15, -0.1) is 0 Å². The van der Waals surface area contributed by atoms with Crippen LogP contribution in [0.25, 0.3) is 0 Å². The summed E-state index contributed by atoms with van der Waals surface area (Å²) >= 11 is 0. The summed E-state index contributed by atoms with van der Waals surface area (Å²) in [4.78, 5) is 0. The van der Waals surface area contributed by atoms with E-state index in [1.165, 1.54) is 24.0 Å². The number of aryl methyl sites for hydroxylation is 1. The van der Waals surface area contributed by atoms with Crippen LogP contribution in [-0.2, 0) is 0 Å². The third kappa shape index (κ3) is 5.23. The van der Waals surface area contributed by atoms with Crippen LogP contribution in [0.3, 0.4) is 0 Å². The van der Waals surface area contributed by atoms with Gasteiger partial charge in [-0.1, -0.05) is 38.0 Å². The molecule has 1 aromatic rings. The summed E-state index contributed by atoms with van der Waals surface area (Å²) in [5.41, 5.74) is 8.36. The lowest BCUT2D eigenvalue weighted by molar-refractivity contribution is 0.310. The van der Waals surface area contributed by atoms with Crippen molar-refractivity contribution < 1.29 is 4.74 Å². The highest BCUT2D eigenvalue weighted by atomic mass is 16.5. The Labute approximate surface area is 118 Å². The standard InChI is InChI=1S/C17H29NO/c1-4-7-15(8-6-11-18)16-13-14(3)9-10-17(16)19-12-5-2/h9-10,13,15H,4-8,11-12,18H2,1-3H3. The van der Waals surface area contributed by atoms with Gasteiger partial charge in [0.15, 0.2) is 0 Å². The monoisotopic (exact) mass is 263 g/mol. The Morgan fingerprint density at radius 2 is 1.95 bits per heavy atom. The summed E-state index contributed by atoms with van der Waals surface area (Å²) in [5.74, 6) is 1.66. The maximum atomic E-state index is 5.92. The van der Waals surface area contributed by atoms with E-state index in [1.807, 2.05) is 0 Å². The molecule has 0 amide bonds. The van der Waals surface area contributed by atoms with E-state index in [9.17, 15) is 0 Å². The highest BCUT2D eigenvalue weighted by molar-refractivity contribution is 5.39. The van der Waals surface area contributed by atoms with Gasteiger partial charge < -0.3 is 10.5 Å². The van der Waals surface area contributed by atoms with Crippen molar-refractivity contribution in [2.24, 2.45) is 5.73 Å². The van der Waals surface area contributed by atoms with Crippen LogP contribution in [0.1, 0.15) is 63.0 Å². The second-order valence-corrected chi connectivity index (χ2v) is 5.31. The molecule has 0 fully saturated rings. The molecular weight excluding hydrogens is 234 g/mol. The van der Waals surface area contributed by atoms with Crippen molar-refractivity contribution in [1.29, 1.82) is 0 Å². The van der Waals surface area contributed by atoms with Gasteiger partial charge in [-0.05, 0) is 56.7 Å². The van der Waals surface area contributed by atoms with E-state index in [0.717, 1.165) is 38.2 Å². The molecular formula is C17H29NO. The van der Waals surface area contributed by atoms with E-state index in [0.29, 0.717) is 5.92 Å². The van der Waals surface area contributed by atoms with E-state index in [4.69, 9.17) is 10.5 Å². The van der Waals surface area contributed by atoms with Gasteiger partial charge in [0, 0.05) is 0 Å². The van der Waals surface area contributed by atoms with Crippen molar-refractivity contribution in [3.8, 4) is 5.75 Å². The quantitative estimate of drug-likeness (QED) is 0.716. The van der Waals surface area contributed by atoms with Crippen LogP contribution in [0.2, 0.25) is 0 Å². The highest BCUT2D eigenvalue weighted by Gasteiger charge is 2.15. The van der Waals surface area contributed by atoms with E-state index < -0.39 is 0 Å². The minimum atomic E-state index is 0.584. The van der Waals surface area contributed by atoms with E-state index in [2.05, 4.69) is 39.0 Å². The van der Waals surface area contributed by atoms with Gasteiger partial charge in [-0.2, -0.15) is 0 Å². The third-order valence-electron chi connectivity index (χ3n) is 3.46. The SMILES string of the molecule is CCCOc1ccc(C)cc1C(CCC)CCCN. The van der Waals surface area contributed by atoms with Crippen LogP contribution in [0.4, 0.5) is 0 Å². The Morgan fingerprint density at radius 3 is 2.58 bits per heavy atom. The lowest BCUT2D eigenvalue weighted by atomic mass is 9.88. The molecule has 1 unspecified atom stereocenters. The average molecular weight is 263 g/mol. The van der Waals surface area contributed by atoms with Crippen molar-refractivity contribution in [1.82, 2.24) is 0 Å². The van der Waals surface area contributed by atoms with Crippen LogP contribution < -0.4 is 10.5 Å². The highest BCUT2D eigenvalue weighted by Crippen LogP contribution is 2.34. The molecule has 1 aromatic carbocycles. The van der Waals surface area contributed by atoms with Gasteiger partial charge in [-0.25, -0.2) is 0 Å². The fraction of sp³-hybridized carbons (Fsp3) is 0.647. The molecule has 2 heteroatoms. The molecule has 0 aliphatic carbocycles. The molecule has 0 spiro atoms. The molecule has 0 aliphatic heterocycles. The topological polar surface area (TPSA) is 35.2 Å². The normalized spacial score (nSPS) is 12.4. The summed E-state index contributed by atoms with van der Waals surface area (Å²) in [6, 6.07) is 6.56. The zero-order valence-corrected chi connectivity index (χ0v) is 12.7. The minimum absolute atomic E-state index is 0.584. The maximum absolute atomic E-state index is 5.92. The first-order valence-corrected chi connectivity index (χ1v) is 7.66. The van der Waals surface area contributed by atoms with Gasteiger partial charge in [0.2, 0.25) is 0 Å². The average Bonchev–Trinajstić information content (AvgIpc) is 2.42. The molecule has 108 valence electrons.